The molecule has 0 atom stereocenters. The number of rotatable bonds is 2. The molecule has 0 radical (unpaired) electrons. The molecule has 0 saturated carbocycles. The lowest BCUT2D eigenvalue weighted by Crippen LogP contribution is -2.17. The van der Waals surface area contributed by atoms with Gasteiger partial charge in [-0.3, -0.25) is 4.79 Å². The van der Waals surface area contributed by atoms with Crippen LogP contribution in [0.5, 0.6) is 5.75 Å². The first-order valence-electron chi connectivity index (χ1n) is 4.94. The molecule has 0 saturated heterocycles. The van der Waals surface area contributed by atoms with Crippen molar-refractivity contribution < 1.29 is 14.6 Å². The lowest BCUT2D eigenvalue weighted by Gasteiger charge is -2.04. The number of esters is 1. The zero-order valence-electron chi connectivity index (χ0n) is 9.67. The number of aromatic nitrogens is 4. The Bertz CT molecular complexity index is 658. The monoisotopic (exact) mass is 250 g/mol. The highest BCUT2D eigenvalue weighted by Gasteiger charge is 2.20. The maximum Gasteiger partial charge on any atom is 0.360 e. The van der Waals surface area contributed by atoms with Gasteiger partial charge in [-0.25, -0.2) is 14.8 Å². The summed E-state index contributed by atoms with van der Waals surface area (Å²) in [5.41, 5.74) is -1.28. The van der Waals surface area contributed by atoms with Crippen LogP contribution < -0.4 is 5.56 Å². The molecule has 0 amide bonds. The Morgan fingerprint density at radius 2 is 2.28 bits per heavy atom. The van der Waals surface area contributed by atoms with Crippen molar-refractivity contribution in [3.63, 3.8) is 0 Å². The first kappa shape index (κ1) is 11.8. The van der Waals surface area contributed by atoms with Crippen LogP contribution in [0, 0.1) is 0 Å². The number of ether oxygens (including phenoxy) is 1. The van der Waals surface area contributed by atoms with Crippen LogP contribution in [-0.2, 0) is 11.8 Å². The van der Waals surface area contributed by atoms with Gasteiger partial charge in [-0.05, 0) is 0 Å². The third-order valence-corrected chi connectivity index (χ3v) is 2.31. The van der Waals surface area contributed by atoms with E-state index in [2.05, 4.69) is 19.7 Å². The van der Waals surface area contributed by atoms with Crippen molar-refractivity contribution in [3.8, 4) is 17.4 Å². The SMILES string of the molecule is COC(=O)c1nc(-c2nccn2C)[nH]c(=O)c1O. The molecule has 0 fully saturated rings. The van der Waals surface area contributed by atoms with E-state index in [0.29, 0.717) is 5.82 Å². The Labute approximate surface area is 101 Å². The topological polar surface area (TPSA) is 110 Å². The van der Waals surface area contributed by atoms with Gasteiger partial charge in [-0.2, -0.15) is 0 Å². The Morgan fingerprint density at radius 1 is 1.56 bits per heavy atom. The number of carbonyl (C=O) groups excluding carboxylic acids is 1. The summed E-state index contributed by atoms with van der Waals surface area (Å²) >= 11 is 0. The lowest BCUT2D eigenvalue weighted by molar-refractivity contribution is 0.0590. The minimum absolute atomic E-state index is 0.0747. The number of methoxy groups -OCH3 is 1. The van der Waals surface area contributed by atoms with Crippen LogP contribution in [0.3, 0.4) is 0 Å². The molecule has 8 nitrogen and oxygen atoms in total. The molecule has 0 unspecified atom stereocenters. The summed E-state index contributed by atoms with van der Waals surface area (Å²) in [5.74, 6) is -1.24. The Kier molecular flexibility index (Phi) is 2.84. The van der Waals surface area contributed by atoms with Crippen LogP contribution in [-0.4, -0.2) is 37.7 Å². The summed E-state index contributed by atoms with van der Waals surface area (Å²) in [5, 5.41) is 9.46. The van der Waals surface area contributed by atoms with E-state index in [0.717, 1.165) is 7.11 Å². The average Bonchev–Trinajstić information content (AvgIpc) is 2.78. The molecule has 0 bridgehead atoms. The van der Waals surface area contributed by atoms with Crippen LogP contribution in [0.2, 0.25) is 0 Å². The average molecular weight is 250 g/mol. The van der Waals surface area contributed by atoms with E-state index in [-0.39, 0.29) is 5.82 Å². The number of nitrogens with zero attached hydrogens (tertiary/aromatic N) is 3. The second kappa shape index (κ2) is 4.32. The maximum atomic E-state index is 11.5. The van der Waals surface area contributed by atoms with Crippen LogP contribution in [0.4, 0.5) is 0 Å². The van der Waals surface area contributed by atoms with Crippen molar-refractivity contribution in [2.75, 3.05) is 7.11 Å². The molecule has 2 heterocycles. The lowest BCUT2D eigenvalue weighted by atomic mass is 10.3. The highest BCUT2D eigenvalue weighted by molar-refractivity contribution is 5.90. The van der Waals surface area contributed by atoms with Gasteiger partial charge in [0.15, 0.2) is 17.3 Å². The number of aromatic amines is 1. The van der Waals surface area contributed by atoms with E-state index < -0.39 is 23.0 Å². The molecule has 0 aliphatic carbocycles. The van der Waals surface area contributed by atoms with E-state index in [1.807, 2.05) is 0 Å². The first-order valence-corrected chi connectivity index (χ1v) is 4.94. The fourth-order valence-corrected chi connectivity index (χ4v) is 1.41. The van der Waals surface area contributed by atoms with Crippen LogP contribution in [0.1, 0.15) is 10.5 Å². The molecule has 0 aliphatic heterocycles. The fraction of sp³-hybridized carbons (Fsp3) is 0.200. The minimum Gasteiger partial charge on any atom is -0.501 e. The number of hydrogen-bond donors (Lipinski definition) is 2. The standard InChI is InChI=1S/C10H10N4O4/c1-14-4-3-11-8(14)7-12-5(10(17)18-2)6(15)9(16)13-7/h3-4,15H,1-2H3,(H,12,13,16). The maximum absolute atomic E-state index is 11.5. The number of imidazole rings is 1. The summed E-state index contributed by atoms with van der Waals surface area (Å²) in [7, 11) is 2.83. The second-order valence-corrected chi connectivity index (χ2v) is 3.47. The predicted molar refractivity (Wildman–Crippen MR) is 60.1 cm³/mol. The minimum atomic E-state index is -0.894. The molecule has 0 aromatic carbocycles. The molecule has 0 aliphatic rings. The van der Waals surface area contributed by atoms with E-state index >= 15 is 0 Å². The van der Waals surface area contributed by atoms with Crippen LogP contribution in [0.15, 0.2) is 17.2 Å². The smallest absolute Gasteiger partial charge is 0.360 e. The number of aryl methyl sites for hydroxylation is 1. The molecule has 18 heavy (non-hydrogen) atoms. The summed E-state index contributed by atoms with van der Waals surface area (Å²) in [6.45, 7) is 0. The Hall–Kier alpha value is -2.64. The zero-order chi connectivity index (χ0) is 13.3. The molecule has 2 aromatic rings. The summed E-state index contributed by atoms with van der Waals surface area (Å²) in [4.78, 5) is 33.0. The first-order chi connectivity index (χ1) is 8.54. The third kappa shape index (κ3) is 1.83. The van der Waals surface area contributed by atoms with Gasteiger partial charge in [0, 0.05) is 19.4 Å². The predicted octanol–water partition coefficient (Wildman–Crippen LogP) is -0.337. The zero-order valence-corrected chi connectivity index (χ0v) is 9.67. The van der Waals surface area contributed by atoms with Gasteiger partial charge in [0.25, 0.3) is 5.56 Å². The normalized spacial score (nSPS) is 10.3. The fourth-order valence-electron chi connectivity index (χ4n) is 1.41. The van der Waals surface area contributed by atoms with E-state index in [1.54, 1.807) is 17.8 Å². The van der Waals surface area contributed by atoms with Gasteiger partial charge in [-0.1, -0.05) is 0 Å². The highest BCUT2D eigenvalue weighted by Crippen LogP contribution is 2.15. The molecular weight excluding hydrogens is 240 g/mol. The van der Waals surface area contributed by atoms with Crippen molar-refractivity contribution in [2.45, 2.75) is 0 Å². The molecular formula is C10H10N4O4. The van der Waals surface area contributed by atoms with Gasteiger partial charge in [0.05, 0.1) is 7.11 Å². The number of H-pyrrole nitrogens is 1. The van der Waals surface area contributed by atoms with Crippen molar-refractivity contribution in [2.24, 2.45) is 7.05 Å². The molecule has 0 spiro atoms. The number of hydrogen-bond acceptors (Lipinski definition) is 6. The van der Waals surface area contributed by atoms with Crippen LogP contribution >= 0.6 is 0 Å². The molecule has 2 rings (SSSR count). The Morgan fingerprint density at radius 3 is 2.83 bits per heavy atom. The van der Waals surface area contributed by atoms with E-state index in [1.165, 1.54) is 6.20 Å². The van der Waals surface area contributed by atoms with Gasteiger partial charge >= 0.3 is 5.97 Å². The van der Waals surface area contributed by atoms with Gasteiger partial charge in [0.1, 0.15) is 0 Å². The number of aromatic hydroxyl groups is 1. The number of carbonyl (C=O) groups is 1. The van der Waals surface area contributed by atoms with Gasteiger partial charge in [-0.15, -0.1) is 0 Å². The molecule has 2 aromatic heterocycles. The van der Waals surface area contributed by atoms with E-state index in [9.17, 15) is 14.7 Å². The van der Waals surface area contributed by atoms with Crippen molar-refractivity contribution in [3.05, 3.63) is 28.4 Å². The highest BCUT2D eigenvalue weighted by atomic mass is 16.5. The number of nitrogens with one attached hydrogen (secondary N) is 1. The van der Waals surface area contributed by atoms with E-state index in [4.69, 9.17) is 0 Å². The second-order valence-electron chi connectivity index (χ2n) is 3.47. The summed E-state index contributed by atoms with van der Waals surface area (Å²) in [6, 6.07) is 0. The molecule has 2 N–H and O–H groups in total. The summed E-state index contributed by atoms with van der Waals surface area (Å²) in [6.07, 6.45) is 3.17. The summed E-state index contributed by atoms with van der Waals surface area (Å²) < 4.78 is 6.04. The van der Waals surface area contributed by atoms with Gasteiger partial charge < -0.3 is 19.4 Å². The van der Waals surface area contributed by atoms with Crippen molar-refractivity contribution >= 4 is 5.97 Å². The van der Waals surface area contributed by atoms with Crippen molar-refractivity contribution in [1.29, 1.82) is 0 Å². The van der Waals surface area contributed by atoms with Gasteiger partial charge in [0.2, 0.25) is 5.75 Å². The quantitative estimate of drug-likeness (QED) is 0.706. The Balaban J connectivity index is 2.65. The van der Waals surface area contributed by atoms with Crippen molar-refractivity contribution in [1.82, 2.24) is 19.5 Å². The molecule has 94 valence electrons. The third-order valence-electron chi connectivity index (χ3n) is 2.31. The largest absolute Gasteiger partial charge is 0.501 e. The van der Waals surface area contributed by atoms with Crippen LogP contribution in [0.25, 0.3) is 11.6 Å². The molecule has 8 heteroatoms.